The summed E-state index contributed by atoms with van der Waals surface area (Å²) in [4.78, 5) is 7.36. The topological polar surface area (TPSA) is 28.7 Å². The largest absolute Gasteiger partial charge is 0.334 e. The summed E-state index contributed by atoms with van der Waals surface area (Å²) in [5.74, 6) is 0.871. The third-order valence-electron chi connectivity index (χ3n) is 2.09. The molecule has 0 aliphatic rings. The minimum atomic E-state index is 0.683. The number of aromatic nitrogens is 2. The summed E-state index contributed by atoms with van der Waals surface area (Å²) in [6.07, 6.45) is 2.48. The van der Waals surface area contributed by atoms with Gasteiger partial charge in [0.2, 0.25) is 0 Å². The lowest BCUT2D eigenvalue weighted by Gasteiger charge is -2.02. The van der Waals surface area contributed by atoms with Gasteiger partial charge in [0.05, 0.1) is 4.47 Å². The van der Waals surface area contributed by atoms with Gasteiger partial charge in [-0.1, -0.05) is 40.3 Å². The summed E-state index contributed by atoms with van der Waals surface area (Å²) in [6, 6.07) is 8.15. The van der Waals surface area contributed by atoms with Gasteiger partial charge in [0.25, 0.3) is 0 Å². The molecule has 1 aromatic heterocycles. The van der Waals surface area contributed by atoms with Crippen LogP contribution in [-0.4, -0.2) is 9.97 Å². The summed E-state index contributed by atoms with van der Waals surface area (Å²) in [7, 11) is 0. The third kappa shape index (κ3) is 2.99. The molecule has 0 unspecified atom stereocenters. The van der Waals surface area contributed by atoms with Crippen LogP contribution in [0.15, 0.2) is 39.4 Å². The number of H-pyrrole nitrogens is 1. The Balaban J connectivity index is 2.24. The monoisotopic (exact) mass is 358 g/mol. The molecule has 2 aromatic rings. The fraction of sp³-hybridized carbons (Fsp3) is 0.0909. The molecule has 0 atom stereocenters. The first-order valence-electron chi connectivity index (χ1n) is 4.63. The Morgan fingerprint density at radius 1 is 1.19 bits per heavy atom. The second-order valence-electron chi connectivity index (χ2n) is 3.31. The van der Waals surface area contributed by atoms with E-state index in [4.69, 9.17) is 12.2 Å². The fourth-order valence-corrected chi connectivity index (χ4v) is 1.94. The molecule has 1 aromatic carbocycles. The standard InChI is InChI=1S/C11H8Br2N2S/c12-8-3-1-7(2-4-8)5-10-14-6-9(13)11(16)15-10/h1-4,6H,5H2,(H,14,15,16). The molecule has 0 spiro atoms. The highest BCUT2D eigenvalue weighted by Crippen LogP contribution is 2.14. The number of halogens is 2. The van der Waals surface area contributed by atoms with Crippen molar-refractivity contribution >= 4 is 44.1 Å². The zero-order valence-electron chi connectivity index (χ0n) is 8.21. The highest BCUT2D eigenvalue weighted by Gasteiger charge is 1.99. The Labute approximate surface area is 115 Å². The molecule has 0 bridgehead atoms. The number of benzene rings is 1. The van der Waals surface area contributed by atoms with Crippen LogP contribution in [-0.2, 0) is 6.42 Å². The zero-order chi connectivity index (χ0) is 11.5. The smallest absolute Gasteiger partial charge is 0.120 e. The first kappa shape index (κ1) is 12.0. The van der Waals surface area contributed by atoms with Crippen LogP contribution in [0.2, 0.25) is 0 Å². The van der Waals surface area contributed by atoms with Crippen molar-refractivity contribution in [1.82, 2.24) is 9.97 Å². The molecule has 0 aliphatic carbocycles. The molecule has 1 heterocycles. The van der Waals surface area contributed by atoms with E-state index < -0.39 is 0 Å². The van der Waals surface area contributed by atoms with Crippen LogP contribution in [0, 0.1) is 4.64 Å². The van der Waals surface area contributed by atoms with Crippen molar-refractivity contribution < 1.29 is 0 Å². The van der Waals surface area contributed by atoms with E-state index in [2.05, 4.69) is 54.0 Å². The molecule has 2 nitrogen and oxygen atoms in total. The molecular weight excluding hydrogens is 352 g/mol. The number of rotatable bonds is 2. The molecule has 82 valence electrons. The van der Waals surface area contributed by atoms with E-state index in [1.54, 1.807) is 6.20 Å². The summed E-state index contributed by atoms with van der Waals surface area (Å²) in [5, 5.41) is 0. The molecule has 0 fully saturated rings. The second kappa shape index (κ2) is 5.21. The van der Waals surface area contributed by atoms with E-state index in [0.717, 1.165) is 21.2 Å². The predicted molar refractivity (Wildman–Crippen MR) is 74.1 cm³/mol. The maximum Gasteiger partial charge on any atom is 0.120 e. The lowest BCUT2D eigenvalue weighted by atomic mass is 10.1. The van der Waals surface area contributed by atoms with Crippen LogP contribution in [0.5, 0.6) is 0 Å². The molecule has 0 saturated heterocycles. The van der Waals surface area contributed by atoms with E-state index in [9.17, 15) is 0 Å². The van der Waals surface area contributed by atoms with Crippen molar-refractivity contribution in [1.29, 1.82) is 0 Å². The number of aromatic amines is 1. The lowest BCUT2D eigenvalue weighted by molar-refractivity contribution is 0.953. The molecule has 5 heteroatoms. The van der Waals surface area contributed by atoms with Gasteiger partial charge in [0.15, 0.2) is 0 Å². The molecule has 0 amide bonds. The lowest BCUT2D eigenvalue weighted by Crippen LogP contribution is -1.96. The first-order chi connectivity index (χ1) is 7.65. The van der Waals surface area contributed by atoms with Gasteiger partial charge in [-0.3, -0.25) is 0 Å². The van der Waals surface area contributed by atoms with Crippen molar-refractivity contribution in [3.05, 3.63) is 55.4 Å². The number of nitrogens with one attached hydrogen (secondary N) is 1. The van der Waals surface area contributed by atoms with E-state index in [1.807, 2.05) is 12.1 Å². The Bertz CT molecular complexity index is 549. The van der Waals surface area contributed by atoms with Gasteiger partial charge in [-0.05, 0) is 33.6 Å². The van der Waals surface area contributed by atoms with Gasteiger partial charge in [0.1, 0.15) is 10.5 Å². The van der Waals surface area contributed by atoms with E-state index >= 15 is 0 Å². The molecule has 0 aliphatic heterocycles. The maximum atomic E-state index is 5.13. The number of hydrogen-bond donors (Lipinski definition) is 1. The molecule has 1 N–H and O–H groups in total. The van der Waals surface area contributed by atoms with Crippen molar-refractivity contribution in [3.63, 3.8) is 0 Å². The van der Waals surface area contributed by atoms with Crippen LogP contribution >= 0.6 is 44.1 Å². The van der Waals surface area contributed by atoms with E-state index in [0.29, 0.717) is 4.64 Å². The first-order valence-corrected chi connectivity index (χ1v) is 6.63. The summed E-state index contributed by atoms with van der Waals surface area (Å²) >= 11 is 11.9. The van der Waals surface area contributed by atoms with Crippen molar-refractivity contribution in [2.75, 3.05) is 0 Å². The third-order valence-corrected chi connectivity index (χ3v) is 3.81. The average molecular weight is 360 g/mol. The highest BCUT2D eigenvalue weighted by atomic mass is 79.9. The van der Waals surface area contributed by atoms with E-state index in [1.165, 1.54) is 5.56 Å². The minimum Gasteiger partial charge on any atom is -0.334 e. The van der Waals surface area contributed by atoms with Gasteiger partial charge in [0, 0.05) is 17.1 Å². The SMILES string of the molecule is S=c1[nH]c(Cc2ccc(Br)cc2)ncc1Br. The zero-order valence-corrected chi connectivity index (χ0v) is 12.2. The second-order valence-corrected chi connectivity index (χ2v) is 5.49. The normalized spacial score (nSPS) is 10.4. The van der Waals surface area contributed by atoms with E-state index in [-0.39, 0.29) is 0 Å². The molecule has 0 saturated carbocycles. The fourth-order valence-electron chi connectivity index (χ4n) is 1.30. The van der Waals surface area contributed by atoms with Gasteiger partial charge < -0.3 is 4.98 Å². The Kier molecular flexibility index (Phi) is 3.89. The van der Waals surface area contributed by atoms with Crippen molar-refractivity contribution in [2.24, 2.45) is 0 Å². The quantitative estimate of drug-likeness (QED) is 0.811. The Morgan fingerprint density at radius 2 is 1.88 bits per heavy atom. The van der Waals surface area contributed by atoms with Crippen molar-refractivity contribution in [2.45, 2.75) is 6.42 Å². The van der Waals surface area contributed by atoms with Crippen LogP contribution in [0.3, 0.4) is 0 Å². The number of nitrogens with zero attached hydrogens (tertiary/aromatic N) is 1. The average Bonchev–Trinajstić information content (AvgIpc) is 2.27. The van der Waals surface area contributed by atoms with Crippen LogP contribution in [0.25, 0.3) is 0 Å². The van der Waals surface area contributed by atoms with Crippen LogP contribution in [0.4, 0.5) is 0 Å². The number of hydrogen-bond acceptors (Lipinski definition) is 2. The molecular formula is C11H8Br2N2S. The van der Waals surface area contributed by atoms with Gasteiger partial charge >= 0.3 is 0 Å². The van der Waals surface area contributed by atoms with Crippen LogP contribution in [0.1, 0.15) is 11.4 Å². The van der Waals surface area contributed by atoms with Gasteiger partial charge in [-0.15, -0.1) is 0 Å². The highest BCUT2D eigenvalue weighted by molar-refractivity contribution is 9.10. The van der Waals surface area contributed by atoms with Crippen molar-refractivity contribution in [3.8, 4) is 0 Å². The molecule has 2 rings (SSSR count). The maximum absolute atomic E-state index is 5.13. The van der Waals surface area contributed by atoms with Gasteiger partial charge in [-0.2, -0.15) is 0 Å². The molecule has 0 radical (unpaired) electrons. The minimum absolute atomic E-state index is 0.683. The van der Waals surface area contributed by atoms with Crippen LogP contribution < -0.4 is 0 Å². The summed E-state index contributed by atoms with van der Waals surface area (Å²) < 4.78 is 2.58. The summed E-state index contributed by atoms with van der Waals surface area (Å²) in [6.45, 7) is 0. The molecule has 16 heavy (non-hydrogen) atoms. The predicted octanol–water partition coefficient (Wildman–Crippen LogP) is 4.25. The Hall–Kier alpha value is -0.520. The summed E-state index contributed by atoms with van der Waals surface area (Å²) in [5.41, 5.74) is 1.20. The van der Waals surface area contributed by atoms with Gasteiger partial charge in [-0.25, -0.2) is 4.98 Å². The Morgan fingerprint density at radius 3 is 2.50 bits per heavy atom.